The van der Waals surface area contributed by atoms with Crippen molar-refractivity contribution >= 4 is 10.9 Å². The van der Waals surface area contributed by atoms with Gasteiger partial charge in [0.1, 0.15) is 5.82 Å². The molecular formula is C13H17N3O3. The molecule has 0 amide bonds. The SMILES string of the molecule is O=c1[nH]c(CNCCOCCO)nc2ccccc12. The number of H-pyrrole nitrogens is 1. The van der Waals surface area contributed by atoms with Gasteiger partial charge in [0.05, 0.1) is 37.3 Å². The van der Waals surface area contributed by atoms with Crippen LogP contribution in [0.15, 0.2) is 29.1 Å². The Labute approximate surface area is 110 Å². The van der Waals surface area contributed by atoms with Gasteiger partial charge < -0.3 is 20.1 Å². The normalized spacial score (nSPS) is 11.0. The average molecular weight is 263 g/mol. The van der Waals surface area contributed by atoms with Crippen molar-refractivity contribution in [1.82, 2.24) is 15.3 Å². The number of para-hydroxylation sites is 1. The van der Waals surface area contributed by atoms with E-state index in [-0.39, 0.29) is 12.2 Å². The fraction of sp³-hybridized carbons (Fsp3) is 0.385. The minimum atomic E-state index is -0.126. The van der Waals surface area contributed by atoms with E-state index in [4.69, 9.17) is 9.84 Å². The Morgan fingerprint density at radius 1 is 1.32 bits per heavy atom. The summed E-state index contributed by atoms with van der Waals surface area (Å²) in [5.41, 5.74) is 0.568. The molecule has 0 spiro atoms. The van der Waals surface area contributed by atoms with Crippen molar-refractivity contribution in [2.24, 2.45) is 0 Å². The number of ether oxygens (including phenoxy) is 1. The Balaban J connectivity index is 1.92. The van der Waals surface area contributed by atoms with E-state index in [1.807, 2.05) is 18.2 Å². The maximum atomic E-state index is 11.8. The summed E-state index contributed by atoms with van der Waals surface area (Å²) in [6.45, 7) is 1.99. The summed E-state index contributed by atoms with van der Waals surface area (Å²) in [4.78, 5) is 18.9. The standard InChI is InChI=1S/C13H17N3O3/c17-6-8-19-7-5-14-9-12-15-11-4-2-1-3-10(11)13(18)16-12/h1-4,14,17H,5-9H2,(H,15,16,18). The van der Waals surface area contributed by atoms with Crippen molar-refractivity contribution in [3.8, 4) is 0 Å². The van der Waals surface area contributed by atoms with E-state index < -0.39 is 0 Å². The van der Waals surface area contributed by atoms with Gasteiger partial charge >= 0.3 is 0 Å². The van der Waals surface area contributed by atoms with Crippen molar-refractivity contribution in [3.63, 3.8) is 0 Å². The summed E-state index contributed by atoms with van der Waals surface area (Å²) < 4.78 is 5.11. The van der Waals surface area contributed by atoms with Gasteiger partial charge in [0, 0.05) is 6.54 Å². The van der Waals surface area contributed by atoms with Crippen molar-refractivity contribution < 1.29 is 9.84 Å². The molecule has 6 heteroatoms. The molecule has 102 valence electrons. The molecule has 2 rings (SSSR count). The first-order valence-corrected chi connectivity index (χ1v) is 6.18. The monoisotopic (exact) mass is 263 g/mol. The van der Waals surface area contributed by atoms with Crippen LogP contribution in [0.3, 0.4) is 0 Å². The lowest BCUT2D eigenvalue weighted by molar-refractivity contribution is 0.0937. The van der Waals surface area contributed by atoms with Gasteiger partial charge in [-0.2, -0.15) is 0 Å². The second kappa shape index (κ2) is 6.98. The minimum Gasteiger partial charge on any atom is -0.394 e. The summed E-state index contributed by atoms with van der Waals surface area (Å²) >= 11 is 0. The molecule has 0 saturated heterocycles. The molecule has 1 aromatic carbocycles. The summed E-state index contributed by atoms with van der Waals surface area (Å²) in [7, 11) is 0. The number of aliphatic hydroxyl groups excluding tert-OH is 1. The number of aromatic amines is 1. The Hall–Kier alpha value is -1.76. The van der Waals surface area contributed by atoms with E-state index in [9.17, 15) is 4.79 Å². The lowest BCUT2D eigenvalue weighted by Crippen LogP contribution is -2.23. The maximum absolute atomic E-state index is 11.8. The highest BCUT2D eigenvalue weighted by Gasteiger charge is 2.02. The molecule has 0 aliphatic heterocycles. The van der Waals surface area contributed by atoms with Gasteiger partial charge in [-0.3, -0.25) is 4.79 Å². The first kappa shape index (κ1) is 13.7. The lowest BCUT2D eigenvalue weighted by atomic mass is 10.2. The number of hydrogen-bond donors (Lipinski definition) is 3. The number of nitrogens with zero attached hydrogens (tertiary/aromatic N) is 1. The molecule has 6 nitrogen and oxygen atoms in total. The molecule has 0 fully saturated rings. The van der Waals surface area contributed by atoms with Crippen molar-refractivity contribution in [1.29, 1.82) is 0 Å². The van der Waals surface area contributed by atoms with Crippen LogP contribution >= 0.6 is 0 Å². The number of nitrogens with one attached hydrogen (secondary N) is 2. The van der Waals surface area contributed by atoms with E-state index in [2.05, 4.69) is 15.3 Å². The molecule has 0 radical (unpaired) electrons. The average Bonchev–Trinajstić information content (AvgIpc) is 2.43. The molecule has 1 aromatic heterocycles. The molecule has 2 aromatic rings. The van der Waals surface area contributed by atoms with Gasteiger partial charge in [-0.1, -0.05) is 12.1 Å². The van der Waals surface area contributed by atoms with E-state index in [1.165, 1.54) is 0 Å². The first-order valence-electron chi connectivity index (χ1n) is 6.18. The number of aliphatic hydroxyl groups is 1. The van der Waals surface area contributed by atoms with Gasteiger partial charge in [-0.25, -0.2) is 4.98 Å². The predicted molar refractivity (Wildman–Crippen MR) is 72.0 cm³/mol. The van der Waals surface area contributed by atoms with E-state index in [0.717, 1.165) is 0 Å². The Kier molecular flexibility index (Phi) is 5.02. The maximum Gasteiger partial charge on any atom is 0.258 e. The Bertz CT molecular complexity index is 583. The highest BCUT2D eigenvalue weighted by atomic mass is 16.5. The third-order valence-electron chi connectivity index (χ3n) is 2.61. The van der Waals surface area contributed by atoms with Crippen LogP contribution in [0.25, 0.3) is 10.9 Å². The number of benzene rings is 1. The molecule has 0 aliphatic rings. The third-order valence-corrected chi connectivity index (χ3v) is 2.61. The van der Waals surface area contributed by atoms with Crippen LogP contribution < -0.4 is 10.9 Å². The summed E-state index contributed by atoms with van der Waals surface area (Å²) in [5.74, 6) is 0.603. The molecule has 0 atom stereocenters. The van der Waals surface area contributed by atoms with Crippen molar-refractivity contribution in [2.45, 2.75) is 6.54 Å². The molecule has 0 saturated carbocycles. The number of fused-ring (bicyclic) bond motifs is 1. The molecule has 0 unspecified atom stereocenters. The van der Waals surface area contributed by atoms with E-state index in [0.29, 0.717) is 43.0 Å². The second-order valence-electron chi connectivity index (χ2n) is 4.04. The van der Waals surface area contributed by atoms with Crippen molar-refractivity contribution in [3.05, 3.63) is 40.4 Å². The summed E-state index contributed by atoms with van der Waals surface area (Å²) in [6.07, 6.45) is 0. The molecule has 0 aliphatic carbocycles. The zero-order valence-electron chi connectivity index (χ0n) is 10.6. The second-order valence-corrected chi connectivity index (χ2v) is 4.04. The number of hydrogen-bond acceptors (Lipinski definition) is 5. The zero-order chi connectivity index (χ0) is 13.5. The van der Waals surface area contributed by atoms with Crippen LogP contribution in [0, 0.1) is 0 Å². The van der Waals surface area contributed by atoms with Crippen LogP contribution in [-0.2, 0) is 11.3 Å². The lowest BCUT2D eigenvalue weighted by Gasteiger charge is -2.05. The van der Waals surface area contributed by atoms with E-state index in [1.54, 1.807) is 6.07 Å². The molecule has 0 bridgehead atoms. The Morgan fingerprint density at radius 3 is 3.00 bits per heavy atom. The fourth-order valence-corrected chi connectivity index (χ4v) is 1.74. The quantitative estimate of drug-likeness (QED) is 0.613. The van der Waals surface area contributed by atoms with Gasteiger partial charge in [-0.05, 0) is 12.1 Å². The fourth-order valence-electron chi connectivity index (χ4n) is 1.74. The third kappa shape index (κ3) is 3.85. The molecule has 19 heavy (non-hydrogen) atoms. The highest BCUT2D eigenvalue weighted by Crippen LogP contribution is 2.05. The van der Waals surface area contributed by atoms with Crippen LogP contribution in [0.4, 0.5) is 0 Å². The first-order chi connectivity index (χ1) is 9.31. The van der Waals surface area contributed by atoms with Gasteiger partial charge in [-0.15, -0.1) is 0 Å². The van der Waals surface area contributed by atoms with E-state index >= 15 is 0 Å². The minimum absolute atomic E-state index is 0.0273. The number of rotatable bonds is 7. The molecule has 3 N–H and O–H groups in total. The van der Waals surface area contributed by atoms with Crippen LogP contribution in [0.5, 0.6) is 0 Å². The topological polar surface area (TPSA) is 87.2 Å². The summed E-state index contributed by atoms with van der Waals surface area (Å²) in [6, 6.07) is 7.24. The van der Waals surface area contributed by atoms with Crippen molar-refractivity contribution in [2.75, 3.05) is 26.4 Å². The van der Waals surface area contributed by atoms with Crippen LogP contribution in [0.2, 0.25) is 0 Å². The number of aromatic nitrogens is 2. The van der Waals surface area contributed by atoms with Crippen LogP contribution in [0.1, 0.15) is 5.82 Å². The zero-order valence-corrected chi connectivity index (χ0v) is 10.6. The van der Waals surface area contributed by atoms with Gasteiger partial charge in [0.15, 0.2) is 0 Å². The van der Waals surface area contributed by atoms with Gasteiger partial charge in [0.25, 0.3) is 5.56 Å². The van der Waals surface area contributed by atoms with Gasteiger partial charge in [0.2, 0.25) is 0 Å². The highest BCUT2D eigenvalue weighted by molar-refractivity contribution is 5.77. The molecular weight excluding hydrogens is 246 g/mol. The smallest absolute Gasteiger partial charge is 0.258 e. The predicted octanol–water partition coefficient (Wildman–Crippen LogP) is 0.0216. The molecule has 1 heterocycles. The summed E-state index contributed by atoms with van der Waals surface area (Å²) in [5, 5.41) is 12.2. The Morgan fingerprint density at radius 2 is 2.16 bits per heavy atom. The largest absolute Gasteiger partial charge is 0.394 e. The van der Waals surface area contributed by atoms with Crippen LogP contribution in [-0.4, -0.2) is 41.4 Å².